The number of nitrogens with one attached hydrogen (secondary N) is 2. The van der Waals surface area contributed by atoms with Gasteiger partial charge in [-0.15, -0.1) is 0 Å². The molecular formula is C17H23F6N3S. The number of benzene rings is 1. The minimum Gasteiger partial charge on any atom is -0.358 e. The van der Waals surface area contributed by atoms with Gasteiger partial charge in [0, 0.05) is 18.3 Å². The van der Waals surface area contributed by atoms with Crippen molar-refractivity contribution < 1.29 is 26.3 Å². The van der Waals surface area contributed by atoms with Gasteiger partial charge in [0.2, 0.25) is 0 Å². The van der Waals surface area contributed by atoms with Gasteiger partial charge in [-0.1, -0.05) is 20.8 Å². The van der Waals surface area contributed by atoms with Crippen LogP contribution in [0.3, 0.4) is 0 Å². The average Bonchev–Trinajstić information content (AvgIpc) is 2.42. The minimum absolute atomic E-state index is 0.0516. The predicted octanol–water partition coefficient (Wildman–Crippen LogP) is 4.99. The summed E-state index contributed by atoms with van der Waals surface area (Å²) in [5, 5.41) is 5.36. The van der Waals surface area contributed by atoms with Crippen LogP contribution in [0.5, 0.6) is 0 Å². The molecule has 0 spiro atoms. The summed E-state index contributed by atoms with van der Waals surface area (Å²) in [6, 6.07) is 1.09. The first-order valence-electron chi connectivity index (χ1n) is 8.02. The summed E-state index contributed by atoms with van der Waals surface area (Å²) < 4.78 is 77.6. The molecule has 0 radical (unpaired) electrons. The van der Waals surface area contributed by atoms with Gasteiger partial charge in [-0.05, 0) is 49.9 Å². The maximum atomic E-state index is 12.9. The van der Waals surface area contributed by atoms with Gasteiger partial charge in [-0.25, -0.2) is 0 Å². The Morgan fingerprint density at radius 1 is 0.963 bits per heavy atom. The van der Waals surface area contributed by atoms with Crippen LogP contribution in [0.1, 0.15) is 31.9 Å². The Morgan fingerprint density at radius 2 is 1.41 bits per heavy atom. The highest BCUT2D eigenvalue weighted by molar-refractivity contribution is 7.80. The SMILES string of the molecule is CN(C)C[C@@H](NC(=S)Nc1cc(C(F)(F)F)cc(C(F)(F)F)c1)C(C)(C)C. The molecule has 0 heterocycles. The third-order valence-electron chi connectivity index (χ3n) is 3.74. The number of nitrogens with zero attached hydrogens (tertiary/aromatic N) is 1. The lowest BCUT2D eigenvalue weighted by molar-refractivity contribution is -0.143. The number of likely N-dealkylation sites (N-methyl/N-ethyl adjacent to an activating group) is 1. The molecule has 0 aliphatic carbocycles. The van der Waals surface area contributed by atoms with Crippen molar-refractivity contribution in [2.24, 2.45) is 5.41 Å². The fourth-order valence-electron chi connectivity index (χ4n) is 2.25. The average molecular weight is 415 g/mol. The second-order valence-electron chi connectivity index (χ2n) is 7.57. The third kappa shape index (κ3) is 7.53. The van der Waals surface area contributed by atoms with E-state index in [4.69, 9.17) is 12.2 Å². The summed E-state index contributed by atoms with van der Waals surface area (Å²) in [6.45, 7) is 6.41. The van der Waals surface area contributed by atoms with E-state index in [1.165, 1.54) is 0 Å². The number of halogens is 6. The molecule has 1 rings (SSSR count). The molecule has 1 atom stereocenters. The quantitative estimate of drug-likeness (QED) is 0.535. The Bertz CT molecular complexity index is 630. The van der Waals surface area contributed by atoms with E-state index in [1.54, 1.807) is 0 Å². The number of anilines is 1. The summed E-state index contributed by atoms with van der Waals surface area (Å²) >= 11 is 5.10. The molecule has 0 unspecified atom stereocenters. The summed E-state index contributed by atoms with van der Waals surface area (Å²) in [6.07, 6.45) is -9.82. The van der Waals surface area contributed by atoms with Gasteiger partial charge in [0.05, 0.1) is 11.1 Å². The second kappa shape index (κ2) is 8.22. The van der Waals surface area contributed by atoms with Crippen molar-refractivity contribution in [3.05, 3.63) is 29.3 Å². The maximum Gasteiger partial charge on any atom is 0.416 e. The van der Waals surface area contributed by atoms with Crippen LogP contribution in [-0.2, 0) is 12.4 Å². The molecule has 0 aliphatic heterocycles. The van der Waals surface area contributed by atoms with Crippen LogP contribution in [0.4, 0.5) is 32.0 Å². The van der Waals surface area contributed by atoms with Crippen molar-refractivity contribution in [1.29, 1.82) is 0 Å². The fourth-order valence-corrected chi connectivity index (χ4v) is 2.51. The molecule has 0 saturated carbocycles. The van der Waals surface area contributed by atoms with Gasteiger partial charge in [-0.3, -0.25) is 0 Å². The van der Waals surface area contributed by atoms with E-state index in [0.717, 1.165) is 0 Å². The van der Waals surface area contributed by atoms with Crippen LogP contribution >= 0.6 is 12.2 Å². The van der Waals surface area contributed by atoms with Crippen LogP contribution < -0.4 is 10.6 Å². The van der Waals surface area contributed by atoms with E-state index in [0.29, 0.717) is 18.7 Å². The van der Waals surface area contributed by atoms with Crippen LogP contribution in [-0.4, -0.2) is 36.7 Å². The van der Waals surface area contributed by atoms with E-state index >= 15 is 0 Å². The first-order chi connectivity index (χ1) is 12.0. The molecule has 0 aliphatic rings. The van der Waals surface area contributed by atoms with Gasteiger partial charge in [0.15, 0.2) is 5.11 Å². The van der Waals surface area contributed by atoms with Crippen molar-refractivity contribution in [2.45, 2.75) is 39.2 Å². The third-order valence-corrected chi connectivity index (χ3v) is 3.96. The minimum atomic E-state index is -4.91. The Hall–Kier alpha value is -1.55. The Balaban J connectivity index is 3.10. The smallest absolute Gasteiger partial charge is 0.358 e. The molecule has 2 N–H and O–H groups in total. The summed E-state index contributed by atoms with van der Waals surface area (Å²) in [4.78, 5) is 1.90. The van der Waals surface area contributed by atoms with E-state index < -0.39 is 23.5 Å². The number of alkyl halides is 6. The van der Waals surface area contributed by atoms with E-state index in [-0.39, 0.29) is 28.3 Å². The van der Waals surface area contributed by atoms with Gasteiger partial charge in [0.25, 0.3) is 0 Å². The van der Waals surface area contributed by atoms with Crippen molar-refractivity contribution >= 4 is 23.0 Å². The first kappa shape index (κ1) is 23.5. The molecule has 154 valence electrons. The standard InChI is InChI=1S/C17H23F6N3S/c1-15(2,3)13(9-26(4)5)25-14(27)24-12-7-10(16(18,19)20)6-11(8-12)17(21,22)23/h6-8,13H,9H2,1-5H3,(H2,24,25,27)/t13-/m1/s1. The van der Waals surface area contributed by atoms with Crippen molar-refractivity contribution in [3.8, 4) is 0 Å². The summed E-state index contributed by atoms with van der Waals surface area (Å²) in [5.41, 5.74) is -3.43. The zero-order valence-electron chi connectivity index (χ0n) is 15.6. The lowest BCUT2D eigenvalue weighted by Crippen LogP contribution is -2.50. The lowest BCUT2D eigenvalue weighted by atomic mass is 9.86. The molecular weight excluding hydrogens is 392 g/mol. The topological polar surface area (TPSA) is 27.3 Å². The zero-order valence-corrected chi connectivity index (χ0v) is 16.5. The molecule has 0 saturated heterocycles. The number of thiocarbonyl (C=S) groups is 1. The van der Waals surface area contributed by atoms with Crippen molar-refractivity contribution in [1.82, 2.24) is 10.2 Å². The molecule has 27 heavy (non-hydrogen) atoms. The first-order valence-corrected chi connectivity index (χ1v) is 8.42. The number of rotatable bonds is 4. The Labute approximate surface area is 160 Å². The van der Waals surface area contributed by atoms with E-state index in [9.17, 15) is 26.3 Å². The van der Waals surface area contributed by atoms with Gasteiger partial charge < -0.3 is 15.5 Å². The van der Waals surface area contributed by atoms with Crippen LogP contribution in [0.15, 0.2) is 18.2 Å². The molecule has 3 nitrogen and oxygen atoms in total. The van der Waals surface area contributed by atoms with Gasteiger partial charge >= 0.3 is 12.4 Å². The van der Waals surface area contributed by atoms with Crippen molar-refractivity contribution in [2.75, 3.05) is 26.0 Å². The lowest BCUT2D eigenvalue weighted by Gasteiger charge is -2.34. The highest BCUT2D eigenvalue weighted by atomic mass is 32.1. The fraction of sp³-hybridized carbons (Fsp3) is 0.588. The van der Waals surface area contributed by atoms with Gasteiger partial charge in [0.1, 0.15) is 0 Å². The highest BCUT2D eigenvalue weighted by Gasteiger charge is 2.37. The number of hydrogen-bond donors (Lipinski definition) is 2. The molecule has 10 heteroatoms. The van der Waals surface area contributed by atoms with E-state index in [1.807, 2.05) is 39.8 Å². The highest BCUT2D eigenvalue weighted by Crippen LogP contribution is 2.37. The van der Waals surface area contributed by atoms with Gasteiger partial charge in [-0.2, -0.15) is 26.3 Å². The molecule has 1 aromatic rings. The van der Waals surface area contributed by atoms with Crippen LogP contribution in [0, 0.1) is 5.41 Å². The maximum absolute atomic E-state index is 12.9. The predicted molar refractivity (Wildman–Crippen MR) is 97.6 cm³/mol. The van der Waals surface area contributed by atoms with Crippen molar-refractivity contribution in [3.63, 3.8) is 0 Å². The molecule has 0 amide bonds. The zero-order chi connectivity index (χ0) is 21.2. The second-order valence-corrected chi connectivity index (χ2v) is 7.98. The van der Waals surface area contributed by atoms with Crippen LogP contribution in [0.2, 0.25) is 0 Å². The summed E-state index contributed by atoms with van der Waals surface area (Å²) in [7, 11) is 3.69. The van der Waals surface area contributed by atoms with Crippen LogP contribution in [0.25, 0.3) is 0 Å². The molecule has 0 bridgehead atoms. The molecule has 1 aromatic carbocycles. The Morgan fingerprint density at radius 3 is 1.74 bits per heavy atom. The Kier molecular flexibility index (Phi) is 7.15. The normalized spacial score (nSPS) is 14.2. The monoisotopic (exact) mass is 415 g/mol. The van der Waals surface area contributed by atoms with E-state index in [2.05, 4.69) is 10.6 Å². The largest absolute Gasteiger partial charge is 0.416 e. The summed E-state index contributed by atoms with van der Waals surface area (Å²) in [5.74, 6) is 0. The molecule has 0 aromatic heterocycles. The number of hydrogen-bond acceptors (Lipinski definition) is 2. The molecule has 0 fully saturated rings.